The lowest BCUT2D eigenvalue weighted by Gasteiger charge is -2.32. The molecule has 0 heterocycles. The molecule has 1 aromatic carbocycles. The van der Waals surface area contributed by atoms with E-state index in [4.69, 9.17) is 4.74 Å². The molecule has 1 fully saturated rings. The number of hydrogen-bond donors (Lipinski definition) is 0. The van der Waals surface area contributed by atoms with Crippen molar-refractivity contribution in [3.05, 3.63) is 29.3 Å². The van der Waals surface area contributed by atoms with Crippen LogP contribution >= 0.6 is 0 Å². The summed E-state index contributed by atoms with van der Waals surface area (Å²) in [7, 11) is 1.66. The molecule has 1 aliphatic carbocycles. The van der Waals surface area contributed by atoms with Gasteiger partial charge in [-0.1, -0.05) is 26.2 Å². The van der Waals surface area contributed by atoms with Crippen molar-refractivity contribution in [1.29, 1.82) is 0 Å². The van der Waals surface area contributed by atoms with Crippen LogP contribution in [0, 0.1) is 12.3 Å². The van der Waals surface area contributed by atoms with Gasteiger partial charge in [0.1, 0.15) is 5.75 Å². The summed E-state index contributed by atoms with van der Waals surface area (Å²) in [6.45, 7) is 4.10. The van der Waals surface area contributed by atoms with Crippen molar-refractivity contribution < 1.29 is 9.53 Å². The first-order valence-electron chi connectivity index (χ1n) is 6.76. The number of ether oxygens (including phenoxy) is 1. The second kappa shape index (κ2) is 5.13. The standard InChI is InChI=1S/C16H22O2/c1-12-11-13(7-8-14(12)18-3)15(17)16(2)9-5-4-6-10-16/h7-8,11H,4-6,9-10H2,1-3H3. The van der Waals surface area contributed by atoms with Gasteiger partial charge in [-0.15, -0.1) is 0 Å². The zero-order valence-corrected chi connectivity index (χ0v) is 11.6. The Morgan fingerprint density at radius 1 is 1.22 bits per heavy atom. The quantitative estimate of drug-likeness (QED) is 0.749. The molecule has 0 N–H and O–H groups in total. The van der Waals surface area contributed by atoms with Gasteiger partial charge in [0.2, 0.25) is 0 Å². The van der Waals surface area contributed by atoms with E-state index in [-0.39, 0.29) is 5.41 Å². The third-order valence-corrected chi connectivity index (χ3v) is 4.16. The van der Waals surface area contributed by atoms with Crippen LogP contribution in [-0.4, -0.2) is 12.9 Å². The normalized spacial score (nSPS) is 18.4. The molecule has 0 bridgehead atoms. The van der Waals surface area contributed by atoms with E-state index >= 15 is 0 Å². The average molecular weight is 246 g/mol. The predicted octanol–water partition coefficient (Wildman–Crippen LogP) is 4.16. The van der Waals surface area contributed by atoms with Gasteiger partial charge < -0.3 is 4.74 Å². The highest BCUT2D eigenvalue weighted by atomic mass is 16.5. The van der Waals surface area contributed by atoms with Crippen molar-refractivity contribution in [3.8, 4) is 5.75 Å². The Morgan fingerprint density at radius 3 is 2.44 bits per heavy atom. The lowest BCUT2D eigenvalue weighted by atomic mass is 9.71. The number of benzene rings is 1. The molecule has 0 radical (unpaired) electrons. The van der Waals surface area contributed by atoms with Crippen LogP contribution in [0.2, 0.25) is 0 Å². The number of Topliss-reactive ketones (excluding diaryl/α,β-unsaturated/α-hetero) is 1. The molecule has 0 atom stereocenters. The molecule has 98 valence electrons. The third kappa shape index (κ3) is 2.43. The van der Waals surface area contributed by atoms with E-state index in [0.29, 0.717) is 5.78 Å². The number of carbonyl (C=O) groups excluding carboxylic acids is 1. The maximum atomic E-state index is 12.6. The molecule has 0 aliphatic heterocycles. The molecule has 0 unspecified atom stereocenters. The molecule has 2 rings (SSSR count). The molecule has 1 saturated carbocycles. The smallest absolute Gasteiger partial charge is 0.168 e. The van der Waals surface area contributed by atoms with Gasteiger partial charge in [0.15, 0.2) is 5.78 Å². The molecule has 0 aromatic heterocycles. The summed E-state index contributed by atoms with van der Waals surface area (Å²) in [5.74, 6) is 1.15. The molecule has 2 nitrogen and oxygen atoms in total. The summed E-state index contributed by atoms with van der Waals surface area (Å²) in [5, 5.41) is 0. The van der Waals surface area contributed by atoms with Gasteiger partial charge in [0, 0.05) is 11.0 Å². The highest BCUT2D eigenvalue weighted by Gasteiger charge is 2.35. The van der Waals surface area contributed by atoms with Crippen molar-refractivity contribution in [2.45, 2.75) is 46.0 Å². The van der Waals surface area contributed by atoms with Crippen molar-refractivity contribution in [3.63, 3.8) is 0 Å². The lowest BCUT2D eigenvalue weighted by molar-refractivity contribution is 0.0749. The largest absolute Gasteiger partial charge is 0.496 e. The summed E-state index contributed by atoms with van der Waals surface area (Å²) >= 11 is 0. The van der Waals surface area contributed by atoms with Gasteiger partial charge in [-0.2, -0.15) is 0 Å². The summed E-state index contributed by atoms with van der Waals surface area (Å²) < 4.78 is 5.24. The molecule has 2 heteroatoms. The first kappa shape index (κ1) is 13.1. The molecular weight excluding hydrogens is 224 g/mol. The minimum Gasteiger partial charge on any atom is -0.496 e. The van der Waals surface area contributed by atoms with E-state index in [1.54, 1.807) is 7.11 Å². The van der Waals surface area contributed by atoms with Crippen LogP contribution < -0.4 is 4.74 Å². The van der Waals surface area contributed by atoms with Gasteiger partial charge in [-0.3, -0.25) is 4.79 Å². The van der Waals surface area contributed by atoms with Crippen molar-refractivity contribution in [2.75, 3.05) is 7.11 Å². The second-order valence-corrected chi connectivity index (χ2v) is 5.63. The van der Waals surface area contributed by atoms with E-state index in [0.717, 1.165) is 29.7 Å². The van der Waals surface area contributed by atoms with Crippen LogP contribution in [0.25, 0.3) is 0 Å². The number of methoxy groups -OCH3 is 1. The molecule has 0 saturated heterocycles. The topological polar surface area (TPSA) is 26.3 Å². The monoisotopic (exact) mass is 246 g/mol. The Labute approximate surface area is 109 Å². The molecule has 1 aromatic rings. The number of hydrogen-bond acceptors (Lipinski definition) is 2. The van der Waals surface area contributed by atoms with Gasteiger partial charge in [0.25, 0.3) is 0 Å². The zero-order chi connectivity index (χ0) is 13.2. The number of aryl methyl sites for hydroxylation is 1. The fourth-order valence-electron chi connectivity index (χ4n) is 2.93. The fourth-order valence-corrected chi connectivity index (χ4v) is 2.93. The first-order valence-corrected chi connectivity index (χ1v) is 6.76. The average Bonchev–Trinajstić information content (AvgIpc) is 2.38. The maximum absolute atomic E-state index is 12.6. The molecule has 0 amide bonds. The minimum absolute atomic E-state index is 0.153. The first-order chi connectivity index (χ1) is 8.57. The highest BCUT2D eigenvalue weighted by molar-refractivity contribution is 6.00. The summed E-state index contributed by atoms with van der Waals surface area (Å²) in [6, 6.07) is 5.75. The fraction of sp³-hybridized carbons (Fsp3) is 0.562. The van der Waals surface area contributed by atoms with Gasteiger partial charge in [0.05, 0.1) is 7.11 Å². The van der Waals surface area contributed by atoms with E-state index in [2.05, 4.69) is 6.92 Å². The third-order valence-electron chi connectivity index (χ3n) is 4.16. The van der Waals surface area contributed by atoms with Gasteiger partial charge in [-0.05, 0) is 43.5 Å². The van der Waals surface area contributed by atoms with E-state index < -0.39 is 0 Å². The van der Waals surface area contributed by atoms with Gasteiger partial charge >= 0.3 is 0 Å². The SMILES string of the molecule is COc1ccc(C(=O)C2(C)CCCCC2)cc1C. The van der Waals surface area contributed by atoms with Crippen LogP contribution in [0.15, 0.2) is 18.2 Å². The number of carbonyl (C=O) groups is 1. The highest BCUT2D eigenvalue weighted by Crippen LogP contribution is 2.39. The van der Waals surface area contributed by atoms with Crippen molar-refractivity contribution in [2.24, 2.45) is 5.41 Å². The van der Waals surface area contributed by atoms with E-state index in [1.165, 1.54) is 19.3 Å². The maximum Gasteiger partial charge on any atom is 0.168 e. The van der Waals surface area contributed by atoms with Crippen LogP contribution in [-0.2, 0) is 0 Å². The Morgan fingerprint density at radius 2 is 1.89 bits per heavy atom. The van der Waals surface area contributed by atoms with Crippen LogP contribution in [0.5, 0.6) is 5.75 Å². The van der Waals surface area contributed by atoms with Crippen LogP contribution in [0.4, 0.5) is 0 Å². The van der Waals surface area contributed by atoms with E-state index in [9.17, 15) is 4.79 Å². The van der Waals surface area contributed by atoms with Crippen LogP contribution in [0.1, 0.15) is 54.9 Å². The van der Waals surface area contributed by atoms with Crippen molar-refractivity contribution >= 4 is 5.78 Å². The summed E-state index contributed by atoms with van der Waals surface area (Å²) in [6.07, 6.45) is 5.67. The Bertz CT molecular complexity index is 442. The van der Waals surface area contributed by atoms with Gasteiger partial charge in [-0.25, -0.2) is 0 Å². The Kier molecular flexibility index (Phi) is 3.74. The Balaban J connectivity index is 2.25. The summed E-state index contributed by atoms with van der Waals surface area (Å²) in [4.78, 5) is 12.6. The van der Waals surface area contributed by atoms with Crippen LogP contribution in [0.3, 0.4) is 0 Å². The second-order valence-electron chi connectivity index (χ2n) is 5.63. The zero-order valence-electron chi connectivity index (χ0n) is 11.6. The minimum atomic E-state index is -0.153. The molecule has 18 heavy (non-hydrogen) atoms. The number of ketones is 1. The molecule has 1 aliphatic rings. The molecule has 0 spiro atoms. The predicted molar refractivity (Wildman–Crippen MR) is 73.3 cm³/mol. The van der Waals surface area contributed by atoms with Crippen molar-refractivity contribution in [1.82, 2.24) is 0 Å². The molecular formula is C16H22O2. The Hall–Kier alpha value is -1.31. The lowest BCUT2D eigenvalue weighted by Crippen LogP contribution is -2.30. The number of rotatable bonds is 3. The van der Waals surface area contributed by atoms with E-state index in [1.807, 2.05) is 25.1 Å². The summed E-state index contributed by atoms with van der Waals surface area (Å²) in [5.41, 5.74) is 1.71.